The van der Waals surface area contributed by atoms with Gasteiger partial charge in [-0.2, -0.15) is 5.10 Å². The molecule has 0 saturated heterocycles. The van der Waals surface area contributed by atoms with Gasteiger partial charge >= 0.3 is 5.97 Å². The van der Waals surface area contributed by atoms with E-state index in [4.69, 9.17) is 5.11 Å². The van der Waals surface area contributed by atoms with Gasteiger partial charge in [0.05, 0.1) is 12.0 Å². The van der Waals surface area contributed by atoms with Crippen LogP contribution in [0.1, 0.15) is 55.9 Å². The summed E-state index contributed by atoms with van der Waals surface area (Å²) in [7, 11) is 0. The van der Waals surface area contributed by atoms with Crippen molar-refractivity contribution in [2.75, 3.05) is 0 Å². The molecule has 110 valence electrons. The normalized spacial score (nSPS) is 17.6. The number of amides is 1. The van der Waals surface area contributed by atoms with Crippen molar-refractivity contribution in [3.8, 4) is 0 Å². The van der Waals surface area contributed by atoms with Crippen LogP contribution in [0.25, 0.3) is 0 Å². The molecule has 1 amide bonds. The van der Waals surface area contributed by atoms with Crippen molar-refractivity contribution in [2.45, 2.75) is 57.5 Å². The van der Waals surface area contributed by atoms with Gasteiger partial charge in [-0.15, -0.1) is 0 Å². The number of hydrogen-bond acceptors (Lipinski definition) is 3. The molecule has 0 aliphatic heterocycles. The zero-order chi connectivity index (χ0) is 14.6. The summed E-state index contributed by atoms with van der Waals surface area (Å²) < 4.78 is 1.62. The molecular weight excluding hydrogens is 258 g/mol. The maximum Gasteiger partial charge on any atom is 0.305 e. The van der Waals surface area contributed by atoms with Crippen molar-refractivity contribution < 1.29 is 14.7 Å². The lowest BCUT2D eigenvalue weighted by atomic mass is 9.79. The number of carboxylic acid groups (broad SMARTS) is 1. The Bertz CT molecular complexity index is 490. The molecule has 0 bridgehead atoms. The lowest BCUT2D eigenvalue weighted by Crippen LogP contribution is -2.51. The number of nitrogens with one attached hydrogen (secondary N) is 1. The van der Waals surface area contributed by atoms with Crippen LogP contribution >= 0.6 is 0 Å². The van der Waals surface area contributed by atoms with E-state index < -0.39 is 11.5 Å². The number of carbonyl (C=O) groups excluding carboxylic acids is 1. The van der Waals surface area contributed by atoms with Gasteiger partial charge in [-0.05, 0) is 25.8 Å². The van der Waals surface area contributed by atoms with Gasteiger partial charge in [-0.3, -0.25) is 14.3 Å². The van der Waals surface area contributed by atoms with Crippen molar-refractivity contribution in [3.05, 3.63) is 18.0 Å². The lowest BCUT2D eigenvalue weighted by Gasteiger charge is -2.37. The van der Waals surface area contributed by atoms with E-state index in [1.807, 2.05) is 6.92 Å². The van der Waals surface area contributed by atoms with Gasteiger partial charge in [-0.1, -0.05) is 19.3 Å². The molecule has 0 radical (unpaired) electrons. The van der Waals surface area contributed by atoms with Gasteiger partial charge in [0.1, 0.15) is 5.69 Å². The van der Waals surface area contributed by atoms with Crippen LogP contribution in [0, 0.1) is 0 Å². The van der Waals surface area contributed by atoms with E-state index in [0.29, 0.717) is 12.2 Å². The molecule has 1 heterocycles. The molecule has 2 rings (SSSR count). The highest BCUT2D eigenvalue weighted by atomic mass is 16.4. The third-order valence-corrected chi connectivity index (χ3v) is 3.93. The summed E-state index contributed by atoms with van der Waals surface area (Å²) in [6.45, 7) is 2.53. The second-order valence-corrected chi connectivity index (χ2v) is 5.40. The third kappa shape index (κ3) is 3.18. The first-order chi connectivity index (χ1) is 9.56. The zero-order valence-electron chi connectivity index (χ0n) is 11.8. The molecule has 1 aromatic rings. The van der Waals surface area contributed by atoms with Crippen LogP contribution in [0.15, 0.2) is 12.3 Å². The van der Waals surface area contributed by atoms with Crippen molar-refractivity contribution in [1.82, 2.24) is 15.1 Å². The average Bonchev–Trinajstić information content (AvgIpc) is 2.87. The maximum atomic E-state index is 12.4. The predicted molar refractivity (Wildman–Crippen MR) is 73.4 cm³/mol. The lowest BCUT2D eigenvalue weighted by molar-refractivity contribution is -0.139. The molecule has 0 spiro atoms. The Morgan fingerprint density at radius 2 is 2.10 bits per heavy atom. The monoisotopic (exact) mass is 279 g/mol. The van der Waals surface area contributed by atoms with Gasteiger partial charge in [0.15, 0.2) is 0 Å². The third-order valence-electron chi connectivity index (χ3n) is 3.93. The SMILES string of the molecule is CCn1nccc1C(=O)NC1(CC(=O)O)CCCCC1. The second-order valence-electron chi connectivity index (χ2n) is 5.40. The quantitative estimate of drug-likeness (QED) is 0.861. The minimum atomic E-state index is -0.865. The molecule has 0 unspecified atom stereocenters. The zero-order valence-corrected chi connectivity index (χ0v) is 11.8. The van der Waals surface area contributed by atoms with Crippen LogP contribution < -0.4 is 5.32 Å². The average molecular weight is 279 g/mol. The van der Waals surface area contributed by atoms with Crippen LogP contribution in [-0.2, 0) is 11.3 Å². The van der Waals surface area contributed by atoms with E-state index in [1.165, 1.54) is 0 Å². The van der Waals surface area contributed by atoms with E-state index in [2.05, 4.69) is 10.4 Å². The van der Waals surface area contributed by atoms with Gasteiger partial charge in [-0.25, -0.2) is 0 Å². The molecule has 1 aromatic heterocycles. The number of aryl methyl sites for hydroxylation is 1. The smallest absolute Gasteiger partial charge is 0.305 e. The highest BCUT2D eigenvalue weighted by Gasteiger charge is 2.36. The van der Waals surface area contributed by atoms with Gasteiger partial charge in [0.2, 0.25) is 0 Å². The van der Waals surface area contributed by atoms with Gasteiger partial charge < -0.3 is 10.4 Å². The van der Waals surface area contributed by atoms with Crippen LogP contribution in [0.4, 0.5) is 0 Å². The maximum absolute atomic E-state index is 12.4. The van der Waals surface area contributed by atoms with Crippen molar-refractivity contribution in [1.29, 1.82) is 0 Å². The standard InChI is InChI=1S/C14H21N3O3/c1-2-17-11(6-9-15-17)13(20)16-14(10-12(18)19)7-4-3-5-8-14/h6,9H,2-5,7-8,10H2,1H3,(H,16,20)(H,18,19). The highest BCUT2D eigenvalue weighted by Crippen LogP contribution is 2.31. The Morgan fingerprint density at radius 3 is 2.70 bits per heavy atom. The Kier molecular flexibility index (Phi) is 4.42. The molecule has 6 heteroatoms. The summed E-state index contributed by atoms with van der Waals surface area (Å²) in [6.07, 6.45) is 6.05. The first-order valence-corrected chi connectivity index (χ1v) is 7.12. The minimum absolute atomic E-state index is 0.0149. The predicted octanol–water partition coefficient (Wildman–Crippen LogP) is 1.81. The number of nitrogens with zero attached hydrogens (tertiary/aromatic N) is 2. The summed E-state index contributed by atoms with van der Waals surface area (Å²) in [5.74, 6) is -1.09. The first kappa shape index (κ1) is 14.6. The van der Waals surface area contributed by atoms with Crippen LogP contribution in [-0.4, -0.2) is 32.3 Å². The molecule has 0 atom stereocenters. The fraction of sp³-hybridized carbons (Fsp3) is 0.643. The number of aliphatic carboxylic acids is 1. The fourth-order valence-electron chi connectivity index (χ4n) is 2.95. The summed E-state index contributed by atoms with van der Waals surface area (Å²) in [4.78, 5) is 23.5. The number of carboxylic acids is 1. The molecule has 1 saturated carbocycles. The summed E-state index contributed by atoms with van der Waals surface area (Å²) in [6, 6.07) is 1.66. The largest absolute Gasteiger partial charge is 0.481 e. The van der Waals surface area contributed by atoms with Gasteiger partial charge in [0, 0.05) is 12.7 Å². The second kappa shape index (κ2) is 6.07. The number of hydrogen-bond donors (Lipinski definition) is 2. The Balaban J connectivity index is 2.15. The van der Waals surface area contributed by atoms with Crippen molar-refractivity contribution in [2.24, 2.45) is 0 Å². The summed E-state index contributed by atoms with van der Waals surface area (Å²) >= 11 is 0. The van der Waals surface area contributed by atoms with E-state index in [1.54, 1.807) is 16.9 Å². The molecule has 6 nitrogen and oxygen atoms in total. The number of carbonyl (C=O) groups is 2. The first-order valence-electron chi connectivity index (χ1n) is 7.12. The van der Waals surface area contributed by atoms with Crippen molar-refractivity contribution in [3.63, 3.8) is 0 Å². The minimum Gasteiger partial charge on any atom is -0.481 e. The molecule has 1 fully saturated rings. The van der Waals surface area contributed by atoms with Crippen LogP contribution in [0.3, 0.4) is 0 Å². The van der Waals surface area contributed by atoms with E-state index in [0.717, 1.165) is 32.1 Å². The van der Waals surface area contributed by atoms with E-state index in [-0.39, 0.29) is 12.3 Å². The Hall–Kier alpha value is -1.85. The van der Waals surface area contributed by atoms with Crippen molar-refractivity contribution >= 4 is 11.9 Å². The molecule has 2 N–H and O–H groups in total. The van der Waals surface area contributed by atoms with E-state index in [9.17, 15) is 9.59 Å². The molecule has 1 aliphatic rings. The van der Waals surface area contributed by atoms with Crippen LogP contribution in [0.2, 0.25) is 0 Å². The summed E-state index contributed by atoms with van der Waals surface area (Å²) in [5, 5.41) is 16.1. The fourth-order valence-corrected chi connectivity index (χ4v) is 2.95. The molecule has 0 aromatic carbocycles. The number of rotatable bonds is 5. The number of aromatic nitrogens is 2. The molecular formula is C14H21N3O3. The Morgan fingerprint density at radius 1 is 1.40 bits per heavy atom. The van der Waals surface area contributed by atoms with Gasteiger partial charge in [0.25, 0.3) is 5.91 Å². The summed E-state index contributed by atoms with van der Waals surface area (Å²) in [5.41, 5.74) is -0.118. The molecule has 20 heavy (non-hydrogen) atoms. The topological polar surface area (TPSA) is 84.2 Å². The van der Waals surface area contributed by atoms with E-state index >= 15 is 0 Å². The molecule has 1 aliphatic carbocycles. The highest BCUT2D eigenvalue weighted by molar-refractivity contribution is 5.93. The van der Waals surface area contributed by atoms with Crippen LogP contribution in [0.5, 0.6) is 0 Å². The Labute approximate surface area is 118 Å².